The summed E-state index contributed by atoms with van der Waals surface area (Å²) in [6, 6.07) is 19.1. The van der Waals surface area contributed by atoms with Crippen molar-refractivity contribution in [1.82, 2.24) is 24.6 Å². The predicted molar refractivity (Wildman–Crippen MR) is 147 cm³/mol. The molecule has 0 bridgehead atoms. The zero-order chi connectivity index (χ0) is 25.2. The third-order valence-corrected chi connectivity index (χ3v) is 7.59. The van der Waals surface area contributed by atoms with Crippen molar-refractivity contribution in [1.29, 1.82) is 5.26 Å². The summed E-state index contributed by atoms with van der Waals surface area (Å²) in [6.07, 6.45) is 6.70. The molecule has 1 N–H and O–H groups in total. The molecule has 1 aliphatic carbocycles. The summed E-state index contributed by atoms with van der Waals surface area (Å²) < 4.78 is 1.97. The molecule has 6 rings (SSSR count). The fourth-order valence-corrected chi connectivity index (χ4v) is 5.27. The van der Waals surface area contributed by atoms with Crippen LogP contribution in [0.4, 0.5) is 17.3 Å². The summed E-state index contributed by atoms with van der Waals surface area (Å²) in [7, 11) is 0. The molecule has 0 amide bonds. The van der Waals surface area contributed by atoms with Crippen molar-refractivity contribution in [2.75, 3.05) is 42.9 Å². The molecule has 1 atom stereocenters. The quantitative estimate of drug-likeness (QED) is 0.360. The van der Waals surface area contributed by atoms with Gasteiger partial charge in [0.05, 0.1) is 29.7 Å². The van der Waals surface area contributed by atoms with Crippen LogP contribution in [0.2, 0.25) is 0 Å². The van der Waals surface area contributed by atoms with Gasteiger partial charge in [-0.1, -0.05) is 31.2 Å². The van der Waals surface area contributed by atoms with Crippen molar-refractivity contribution < 1.29 is 0 Å². The second kappa shape index (κ2) is 10.2. The number of piperazine rings is 1. The van der Waals surface area contributed by atoms with Crippen LogP contribution in [0.1, 0.15) is 32.2 Å². The molecule has 2 aromatic heterocycles. The number of nitrogens with zero attached hydrogens (tertiary/aromatic N) is 7. The summed E-state index contributed by atoms with van der Waals surface area (Å²) in [5, 5.41) is 18.5. The van der Waals surface area contributed by atoms with Crippen molar-refractivity contribution in [2.24, 2.45) is 5.92 Å². The first-order valence-electron chi connectivity index (χ1n) is 13.2. The molecule has 3 heterocycles. The molecule has 1 saturated heterocycles. The Labute approximate surface area is 217 Å². The highest BCUT2D eigenvalue weighted by Crippen LogP contribution is 2.41. The Balaban J connectivity index is 1.25. The van der Waals surface area contributed by atoms with Crippen molar-refractivity contribution in [2.45, 2.75) is 32.2 Å². The number of nitriles is 1. The van der Waals surface area contributed by atoms with Gasteiger partial charge in [-0.25, -0.2) is 9.97 Å². The monoisotopic (exact) mass is 492 g/mol. The minimum Gasteiger partial charge on any atom is -0.369 e. The van der Waals surface area contributed by atoms with E-state index < -0.39 is 0 Å². The summed E-state index contributed by atoms with van der Waals surface area (Å²) in [5.74, 6) is 1.12. The number of nitrogens with one attached hydrogen (secondary N) is 1. The van der Waals surface area contributed by atoms with E-state index in [0.717, 1.165) is 60.6 Å². The Morgan fingerprint density at radius 2 is 1.92 bits per heavy atom. The standard InChI is InChI=1S/C29H32N8/c1-2-35-15-17-36(18-16-35)24-7-4-6-23(19-24)32-29-31-20-22-5-3-8-25(28(22)33-29)26-12-14-37(34-26)27(11-13-30)21-9-10-21/h3-8,12,14,19-21,27H,2,9-11,15-18H2,1H3,(H,31,32,33). The Bertz CT molecular complexity index is 1430. The lowest BCUT2D eigenvalue weighted by Crippen LogP contribution is -2.46. The fraction of sp³-hybridized carbons (Fsp3) is 0.379. The summed E-state index contributed by atoms with van der Waals surface area (Å²) in [4.78, 5) is 14.4. The minimum atomic E-state index is 0.151. The first kappa shape index (κ1) is 23.4. The van der Waals surface area contributed by atoms with Crippen LogP contribution in [0.25, 0.3) is 22.2 Å². The highest BCUT2D eigenvalue weighted by Gasteiger charge is 2.33. The third kappa shape index (κ3) is 5.00. The van der Waals surface area contributed by atoms with Gasteiger partial charge >= 0.3 is 0 Å². The number of hydrogen-bond acceptors (Lipinski definition) is 7. The van der Waals surface area contributed by atoms with E-state index in [4.69, 9.17) is 10.1 Å². The first-order valence-corrected chi connectivity index (χ1v) is 13.2. The van der Waals surface area contributed by atoms with Crippen molar-refractivity contribution in [3.05, 3.63) is 60.9 Å². The van der Waals surface area contributed by atoms with Crippen LogP contribution < -0.4 is 10.2 Å². The molecular formula is C29H32N8. The van der Waals surface area contributed by atoms with Crippen molar-refractivity contribution >= 4 is 28.2 Å². The van der Waals surface area contributed by atoms with Gasteiger partial charge in [-0.3, -0.25) is 4.68 Å². The molecule has 4 aromatic rings. The van der Waals surface area contributed by atoms with E-state index in [1.54, 1.807) is 0 Å². The Hall–Kier alpha value is -3.96. The number of para-hydroxylation sites is 1. The average molecular weight is 493 g/mol. The van der Waals surface area contributed by atoms with Gasteiger partial charge in [-0.05, 0) is 49.6 Å². The second-order valence-corrected chi connectivity index (χ2v) is 9.98. The highest BCUT2D eigenvalue weighted by atomic mass is 15.3. The highest BCUT2D eigenvalue weighted by molar-refractivity contribution is 5.92. The Morgan fingerprint density at radius 3 is 2.70 bits per heavy atom. The average Bonchev–Trinajstić information content (AvgIpc) is 3.67. The zero-order valence-electron chi connectivity index (χ0n) is 21.2. The topological polar surface area (TPSA) is 85.9 Å². The van der Waals surface area contributed by atoms with Crippen molar-refractivity contribution in [3.8, 4) is 17.3 Å². The van der Waals surface area contributed by atoms with Gasteiger partial charge in [0, 0.05) is 60.9 Å². The number of aromatic nitrogens is 4. The molecule has 0 radical (unpaired) electrons. The van der Waals surface area contributed by atoms with Gasteiger partial charge < -0.3 is 15.1 Å². The van der Waals surface area contributed by atoms with E-state index in [1.807, 2.05) is 35.3 Å². The van der Waals surface area contributed by atoms with Gasteiger partial charge in [0.1, 0.15) is 0 Å². The smallest absolute Gasteiger partial charge is 0.227 e. The summed E-state index contributed by atoms with van der Waals surface area (Å²) in [6.45, 7) is 7.60. The van der Waals surface area contributed by atoms with Gasteiger partial charge in [0.25, 0.3) is 0 Å². The lowest BCUT2D eigenvalue weighted by atomic mass is 10.1. The van der Waals surface area contributed by atoms with Crippen LogP contribution >= 0.6 is 0 Å². The third-order valence-electron chi connectivity index (χ3n) is 7.59. The molecule has 37 heavy (non-hydrogen) atoms. The van der Waals surface area contributed by atoms with Crippen LogP contribution in [0.3, 0.4) is 0 Å². The van der Waals surface area contributed by atoms with E-state index >= 15 is 0 Å². The van der Waals surface area contributed by atoms with E-state index in [2.05, 4.69) is 63.4 Å². The van der Waals surface area contributed by atoms with E-state index in [0.29, 0.717) is 18.3 Å². The Kier molecular flexibility index (Phi) is 6.46. The molecule has 8 heteroatoms. The fourth-order valence-electron chi connectivity index (χ4n) is 5.27. The predicted octanol–water partition coefficient (Wildman–Crippen LogP) is 5.24. The van der Waals surface area contributed by atoms with E-state index in [9.17, 15) is 5.26 Å². The number of fused-ring (bicyclic) bond motifs is 1. The summed E-state index contributed by atoms with van der Waals surface area (Å²) in [5.41, 5.74) is 4.89. The number of likely N-dealkylation sites (N-methyl/N-ethyl adjacent to an activating group) is 1. The van der Waals surface area contributed by atoms with Gasteiger partial charge in [-0.2, -0.15) is 10.4 Å². The van der Waals surface area contributed by atoms with Crippen LogP contribution in [-0.2, 0) is 0 Å². The normalized spacial score (nSPS) is 17.0. The maximum Gasteiger partial charge on any atom is 0.227 e. The van der Waals surface area contributed by atoms with Crippen LogP contribution in [0, 0.1) is 17.2 Å². The molecule has 2 fully saturated rings. The first-order chi connectivity index (χ1) is 18.2. The molecule has 1 saturated carbocycles. The number of benzene rings is 2. The van der Waals surface area contributed by atoms with Gasteiger partial charge in [0.2, 0.25) is 5.95 Å². The molecule has 1 aliphatic heterocycles. The molecule has 1 unspecified atom stereocenters. The van der Waals surface area contributed by atoms with Gasteiger partial charge in [0.15, 0.2) is 0 Å². The minimum absolute atomic E-state index is 0.151. The maximum atomic E-state index is 9.28. The lowest BCUT2D eigenvalue weighted by Gasteiger charge is -2.35. The molecule has 8 nitrogen and oxygen atoms in total. The zero-order valence-corrected chi connectivity index (χ0v) is 21.2. The second-order valence-electron chi connectivity index (χ2n) is 9.98. The maximum absolute atomic E-state index is 9.28. The number of rotatable bonds is 8. The largest absolute Gasteiger partial charge is 0.369 e. The Morgan fingerprint density at radius 1 is 1.08 bits per heavy atom. The van der Waals surface area contributed by atoms with Gasteiger partial charge in [-0.15, -0.1) is 0 Å². The summed E-state index contributed by atoms with van der Waals surface area (Å²) >= 11 is 0. The van der Waals surface area contributed by atoms with Crippen LogP contribution in [0.15, 0.2) is 60.9 Å². The molecular weight excluding hydrogens is 460 g/mol. The molecule has 2 aromatic carbocycles. The van der Waals surface area contributed by atoms with Crippen molar-refractivity contribution in [3.63, 3.8) is 0 Å². The lowest BCUT2D eigenvalue weighted by molar-refractivity contribution is 0.271. The van der Waals surface area contributed by atoms with Crippen LogP contribution in [-0.4, -0.2) is 57.4 Å². The van der Waals surface area contributed by atoms with E-state index in [-0.39, 0.29) is 6.04 Å². The van der Waals surface area contributed by atoms with Crippen LogP contribution in [0.5, 0.6) is 0 Å². The molecule has 0 spiro atoms. The van der Waals surface area contributed by atoms with E-state index in [1.165, 1.54) is 18.5 Å². The molecule has 188 valence electrons. The molecule has 2 aliphatic rings. The SMILES string of the molecule is CCN1CCN(c2cccc(Nc3ncc4cccc(-c5ccn(C(CC#N)C6CC6)n5)c4n3)c2)CC1. The number of hydrogen-bond donors (Lipinski definition) is 1. The number of anilines is 3.